The molecule has 1 aromatic carbocycles. The lowest BCUT2D eigenvalue weighted by atomic mass is 10.3. The molecular weight excluding hydrogens is 320 g/mol. The van der Waals surface area contributed by atoms with Crippen LogP contribution in [0.5, 0.6) is 0 Å². The van der Waals surface area contributed by atoms with Crippen LogP contribution < -0.4 is 10.6 Å². The number of rotatable bonds is 4. The Balaban J connectivity index is 2.07. The molecule has 0 bridgehead atoms. The van der Waals surface area contributed by atoms with Crippen LogP contribution in [0, 0.1) is 0 Å². The molecule has 2 rings (SSSR count). The fourth-order valence-corrected chi connectivity index (χ4v) is 1.97. The molecule has 1 heterocycles. The summed E-state index contributed by atoms with van der Waals surface area (Å²) in [7, 11) is 0. The number of hydrogen-bond donors (Lipinski definition) is 2. The Kier molecular flexibility index (Phi) is 4.68. The molecule has 2 N–H and O–H groups in total. The molecule has 1 aromatic heterocycles. The van der Waals surface area contributed by atoms with E-state index in [1.54, 1.807) is 12.1 Å². The van der Waals surface area contributed by atoms with E-state index in [0.717, 1.165) is 10.2 Å². The van der Waals surface area contributed by atoms with E-state index in [1.807, 2.05) is 38.1 Å². The first-order valence-corrected chi connectivity index (χ1v) is 7.01. The highest BCUT2D eigenvalue weighted by Gasteiger charge is 2.09. The second-order valence-electron chi connectivity index (χ2n) is 4.57. The number of nitrogens with zero attached hydrogens (tertiary/aromatic N) is 2. The molecule has 0 fully saturated rings. The maximum atomic E-state index is 11.7. The number of amides is 1. The minimum Gasteiger partial charge on any atom is -0.348 e. The predicted octanol–water partition coefficient (Wildman–Crippen LogP) is 3.12. The van der Waals surface area contributed by atoms with E-state index in [9.17, 15) is 4.79 Å². The molecule has 0 aliphatic carbocycles. The average molecular weight is 335 g/mol. The zero-order chi connectivity index (χ0) is 14.5. The molecule has 0 radical (unpaired) electrons. The summed E-state index contributed by atoms with van der Waals surface area (Å²) in [4.78, 5) is 11.7. The van der Waals surface area contributed by atoms with E-state index >= 15 is 0 Å². The molecular formula is C14H15BrN4O. The highest BCUT2D eigenvalue weighted by Crippen LogP contribution is 2.18. The van der Waals surface area contributed by atoms with Crippen molar-refractivity contribution in [2.45, 2.75) is 19.9 Å². The first kappa shape index (κ1) is 14.5. The number of anilines is 2. The van der Waals surface area contributed by atoms with Gasteiger partial charge in [-0.2, -0.15) is 0 Å². The Morgan fingerprint density at radius 2 is 2.00 bits per heavy atom. The highest BCUT2D eigenvalue weighted by atomic mass is 79.9. The van der Waals surface area contributed by atoms with Crippen LogP contribution >= 0.6 is 15.9 Å². The minimum atomic E-state index is -0.221. The summed E-state index contributed by atoms with van der Waals surface area (Å²) in [5.41, 5.74) is 1.20. The van der Waals surface area contributed by atoms with Gasteiger partial charge in [-0.05, 0) is 44.2 Å². The normalized spacial score (nSPS) is 10.4. The van der Waals surface area contributed by atoms with Crippen molar-refractivity contribution >= 4 is 33.3 Å². The number of nitrogens with one attached hydrogen (secondary N) is 2. The van der Waals surface area contributed by atoms with Gasteiger partial charge in [0.15, 0.2) is 11.5 Å². The van der Waals surface area contributed by atoms with Crippen LogP contribution in [0.4, 0.5) is 11.5 Å². The lowest BCUT2D eigenvalue weighted by molar-refractivity contribution is 0.0937. The quantitative estimate of drug-likeness (QED) is 0.901. The molecule has 5 nitrogen and oxygen atoms in total. The number of carbonyl (C=O) groups excluding carboxylic acids is 1. The molecule has 0 aliphatic rings. The molecule has 0 atom stereocenters. The van der Waals surface area contributed by atoms with Crippen molar-refractivity contribution in [2.24, 2.45) is 0 Å². The lowest BCUT2D eigenvalue weighted by Crippen LogP contribution is -2.30. The Morgan fingerprint density at radius 3 is 2.60 bits per heavy atom. The average Bonchev–Trinajstić information content (AvgIpc) is 2.38. The second kappa shape index (κ2) is 6.47. The zero-order valence-electron chi connectivity index (χ0n) is 11.2. The van der Waals surface area contributed by atoms with E-state index in [2.05, 4.69) is 36.8 Å². The predicted molar refractivity (Wildman–Crippen MR) is 82.1 cm³/mol. The molecule has 0 aliphatic heterocycles. The lowest BCUT2D eigenvalue weighted by Gasteiger charge is -2.08. The van der Waals surface area contributed by atoms with Crippen molar-refractivity contribution in [3.63, 3.8) is 0 Å². The molecule has 0 unspecified atom stereocenters. The highest BCUT2D eigenvalue weighted by molar-refractivity contribution is 9.10. The standard InChI is InChI=1S/C14H15BrN4O/c1-9(2)16-14(20)12-6-7-13(19-18-12)17-11-5-3-4-10(15)8-11/h3-9H,1-2H3,(H,16,20)(H,17,19). The van der Waals surface area contributed by atoms with Crippen molar-refractivity contribution in [1.29, 1.82) is 0 Å². The van der Waals surface area contributed by atoms with Crippen molar-refractivity contribution < 1.29 is 4.79 Å². The summed E-state index contributed by atoms with van der Waals surface area (Å²) in [5.74, 6) is 0.366. The van der Waals surface area contributed by atoms with Crippen LogP contribution in [0.15, 0.2) is 40.9 Å². The first-order valence-electron chi connectivity index (χ1n) is 6.22. The SMILES string of the molecule is CC(C)NC(=O)c1ccc(Nc2cccc(Br)c2)nn1. The number of halogens is 1. The Labute approximate surface area is 125 Å². The molecule has 1 amide bonds. The molecule has 0 saturated carbocycles. The summed E-state index contributed by atoms with van der Waals surface area (Å²) in [5, 5.41) is 13.8. The van der Waals surface area contributed by atoms with Gasteiger partial charge < -0.3 is 10.6 Å². The monoisotopic (exact) mass is 334 g/mol. The topological polar surface area (TPSA) is 66.9 Å². The van der Waals surface area contributed by atoms with Crippen molar-refractivity contribution in [3.05, 3.63) is 46.6 Å². The third kappa shape index (κ3) is 4.03. The van der Waals surface area contributed by atoms with Crippen LogP contribution in [0.3, 0.4) is 0 Å². The van der Waals surface area contributed by atoms with Gasteiger partial charge in [0.1, 0.15) is 0 Å². The summed E-state index contributed by atoms with van der Waals surface area (Å²) in [6.45, 7) is 3.79. The molecule has 2 aromatic rings. The Hall–Kier alpha value is -1.95. The third-order valence-electron chi connectivity index (χ3n) is 2.41. The van der Waals surface area contributed by atoms with Crippen LogP contribution in [0.25, 0.3) is 0 Å². The molecule has 0 spiro atoms. The van der Waals surface area contributed by atoms with E-state index in [0.29, 0.717) is 11.5 Å². The molecule has 104 valence electrons. The maximum Gasteiger partial charge on any atom is 0.271 e. The number of carbonyl (C=O) groups is 1. The van der Waals surface area contributed by atoms with Crippen LogP contribution in [0.2, 0.25) is 0 Å². The van der Waals surface area contributed by atoms with Gasteiger partial charge in [-0.3, -0.25) is 4.79 Å². The van der Waals surface area contributed by atoms with Gasteiger partial charge in [0, 0.05) is 16.2 Å². The van der Waals surface area contributed by atoms with Gasteiger partial charge in [-0.15, -0.1) is 10.2 Å². The van der Waals surface area contributed by atoms with Crippen molar-refractivity contribution in [2.75, 3.05) is 5.32 Å². The Morgan fingerprint density at radius 1 is 1.20 bits per heavy atom. The Bertz CT molecular complexity index is 598. The fraction of sp³-hybridized carbons (Fsp3) is 0.214. The first-order chi connectivity index (χ1) is 9.54. The van der Waals surface area contributed by atoms with Gasteiger partial charge in [0.25, 0.3) is 5.91 Å². The molecule has 20 heavy (non-hydrogen) atoms. The second-order valence-corrected chi connectivity index (χ2v) is 5.48. The van der Waals surface area contributed by atoms with Crippen LogP contribution in [0.1, 0.15) is 24.3 Å². The summed E-state index contributed by atoms with van der Waals surface area (Å²) >= 11 is 3.40. The van der Waals surface area contributed by atoms with Crippen molar-refractivity contribution in [1.82, 2.24) is 15.5 Å². The van der Waals surface area contributed by atoms with Gasteiger partial charge >= 0.3 is 0 Å². The van der Waals surface area contributed by atoms with Crippen molar-refractivity contribution in [3.8, 4) is 0 Å². The summed E-state index contributed by atoms with van der Waals surface area (Å²) in [6.07, 6.45) is 0. The maximum absolute atomic E-state index is 11.7. The van der Waals surface area contributed by atoms with Gasteiger partial charge in [0.05, 0.1) is 0 Å². The number of aromatic nitrogens is 2. The molecule has 0 saturated heterocycles. The largest absolute Gasteiger partial charge is 0.348 e. The smallest absolute Gasteiger partial charge is 0.271 e. The molecule has 6 heteroatoms. The zero-order valence-corrected chi connectivity index (χ0v) is 12.8. The number of benzene rings is 1. The van der Waals surface area contributed by atoms with Crippen LogP contribution in [-0.2, 0) is 0 Å². The summed E-state index contributed by atoms with van der Waals surface area (Å²) < 4.78 is 0.975. The van der Waals surface area contributed by atoms with Gasteiger partial charge in [-0.1, -0.05) is 22.0 Å². The van der Waals surface area contributed by atoms with E-state index in [-0.39, 0.29) is 11.9 Å². The number of hydrogen-bond acceptors (Lipinski definition) is 4. The van der Waals surface area contributed by atoms with E-state index in [4.69, 9.17) is 0 Å². The van der Waals surface area contributed by atoms with Gasteiger partial charge in [0.2, 0.25) is 0 Å². The third-order valence-corrected chi connectivity index (χ3v) is 2.91. The van der Waals surface area contributed by atoms with E-state index in [1.165, 1.54) is 0 Å². The van der Waals surface area contributed by atoms with Crippen LogP contribution in [-0.4, -0.2) is 22.1 Å². The van der Waals surface area contributed by atoms with E-state index < -0.39 is 0 Å². The summed E-state index contributed by atoms with van der Waals surface area (Å²) in [6, 6.07) is 11.2. The fourth-order valence-electron chi connectivity index (χ4n) is 1.57. The minimum absolute atomic E-state index is 0.0729. The van der Waals surface area contributed by atoms with Gasteiger partial charge in [-0.25, -0.2) is 0 Å².